The molecule has 1 unspecified atom stereocenters. The van der Waals surface area contributed by atoms with Crippen molar-refractivity contribution in [1.29, 1.82) is 0 Å². The van der Waals surface area contributed by atoms with E-state index >= 15 is 0 Å². The molecule has 0 saturated carbocycles. The smallest absolute Gasteiger partial charge is 0.251 e. The maximum absolute atomic E-state index is 11.5. The Morgan fingerprint density at radius 1 is 1.09 bits per heavy atom. The fraction of sp³-hybridized carbons (Fsp3) is 0.316. The molecule has 0 radical (unpaired) electrons. The standard InChI is InChI=1S/C19H24N2O2/c1-13-9-17(18(22)10-14(13)2)12-21(4)11-15-5-7-16(8-6-15)19(23)20-3/h5-10,22H,11-12H2,1-4H3,(H,20,23)/p+1. The number of aromatic hydroxyl groups is 1. The molecule has 0 spiro atoms. The third-order valence-corrected chi connectivity index (χ3v) is 4.14. The minimum Gasteiger partial charge on any atom is -0.507 e. The average Bonchev–Trinajstić information content (AvgIpc) is 2.52. The minimum atomic E-state index is -0.0719. The molecule has 122 valence electrons. The molecular formula is C19H25N2O2+. The van der Waals surface area contributed by atoms with Gasteiger partial charge in [-0.05, 0) is 49.2 Å². The van der Waals surface area contributed by atoms with E-state index in [1.54, 1.807) is 7.05 Å². The van der Waals surface area contributed by atoms with Crippen LogP contribution in [0, 0.1) is 13.8 Å². The van der Waals surface area contributed by atoms with Gasteiger partial charge >= 0.3 is 0 Å². The van der Waals surface area contributed by atoms with Crippen molar-refractivity contribution in [3.63, 3.8) is 0 Å². The van der Waals surface area contributed by atoms with Crippen LogP contribution in [0.2, 0.25) is 0 Å². The molecule has 1 atom stereocenters. The third kappa shape index (κ3) is 4.33. The van der Waals surface area contributed by atoms with Crippen LogP contribution in [0.25, 0.3) is 0 Å². The van der Waals surface area contributed by atoms with Crippen molar-refractivity contribution in [2.24, 2.45) is 0 Å². The summed E-state index contributed by atoms with van der Waals surface area (Å²) in [7, 11) is 3.73. The van der Waals surface area contributed by atoms with Crippen LogP contribution in [0.1, 0.15) is 32.6 Å². The zero-order valence-electron chi connectivity index (χ0n) is 14.2. The molecular weight excluding hydrogens is 288 g/mol. The molecule has 0 aliphatic rings. The summed E-state index contributed by atoms with van der Waals surface area (Å²) < 4.78 is 0. The zero-order valence-corrected chi connectivity index (χ0v) is 14.2. The molecule has 2 aromatic carbocycles. The Balaban J connectivity index is 2.03. The van der Waals surface area contributed by atoms with Gasteiger partial charge in [-0.25, -0.2) is 0 Å². The van der Waals surface area contributed by atoms with Gasteiger partial charge in [-0.15, -0.1) is 0 Å². The lowest BCUT2D eigenvalue weighted by Crippen LogP contribution is -3.06. The molecule has 3 N–H and O–H groups in total. The molecule has 0 saturated heterocycles. The first-order valence-electron chi connectivity index (χ1n) is 7.82. The van der Waals surface area contributed by atoms with Crippen LogP contribution in [0.15, 0.2) is 36.4 Å². The van der Waals surface area contributed by atoms with Crippen LogP contribution >= 0.6 is 0 Å². The predicted molar refractivity (Wildman–Crippen MR) is 91.7 cm³/mol. The van der Waals surface area contributed by atoms with E-state index in [9.17, 15) is 9.90 Å². The molecule has 1 amide bonds. The highest BCUT2D eigenvalue weighted by atomic mass is 16.3. The Hall–Kier alpha value is -2.33. The van der Waals surface area contributed by atoms with E-state index in [1.807, 2.05) is 37.3 Å². The van der Waals surface area contributed by atoms with Crippen molar-refractivity contribution in [3.05, 3.63) is 64.2 Å². The third-order valence-electron chi connectivity index (χ3n) is 4.14. The minimum absolute atomic E-state index is 0.0719. The molecule has 23 heavy (non-hydrogen) atoms. The van der Waals surface area contributed by atoms with E-state index in [-0.39, 0.29) is 5.91 Å². The van der Waals surface area contributed by atoms with Gasteiger partial charge in [0.25, 0.3) is 5.91 Å². The number of hydrogen-bond donors (Lipinski definition) is 3. The number of nitrogens with one attached hydrogen (secondary N) is 2. The summed E-state index contributed by atoms with van der Waals surface area (Å²) in [6.45, 7) is 5.65. The molecule has 2 aromatic rings. The zero-order chi connectivity index (χ0) is 17.0. The van der Waals surface area contributed by atoms with E-state index in [0.717, 1.165) is 24.2 Å². The van der Waals surface area contributed by atoms with E-state index in [1.165, 1.54) is 16.0 Å². The number of phenols is 1. The van der Waals surface area contributed by atoms with Gasteiger partial charge in [-0.2, -0.15) is 0 Å². The van der Waals surface area contributed by atoms with Gasteiger partial charge in [-0.1, -0.05) is 12.1 Å². The van der Waals surface area contributed by atoms with Crippen molar-refractivity contribution in [3.8, 4) is 5.75 Å². The van der Waals surface area contributed by atoms with E-state index in [2.05, 4.69) is 25.4 Å². The second-order valence-corrected chi connectivity index (χ2v) is 6.15. The summed E-state index contributed by atoms with van der Waals surface area (Å²) >= 11 is 0. The Labute approximate surface area is 137 Å². The number of phenolic OH excluding ortho intramolecular Hbond substituents is 1. The monoisotopic (exact) mass is 313 g/mol. The number of quaternary nitrogens is 1. The molecule has 0 bridgehead atoms. The summed E-state index contributed by atoms with van der Waals surface area (Å²) in [5.41, 5.74) is 5.10. The van der Waals surface area contributed by atoms with Gasteiger partial charge in [0.1, 0.15) is 18.8 Å². The first kappa shape index (κ1) is 17.0. The molecule has 2 rings (SSSR count). The number of rotatable bonds is 5. The van der Waals surface area contributed by atoms with E-state index in [4.69, 9.17) is 0 Å². The molecule has 0 fully saturated rings. The van der Waals surface area contributed by atoms with Crippen molar-refractivity contribution in [2.75, 3.05) is 14.1 Å². The summed E-state index contributed by atoms with van der Waals surface area (Å²) in [5.74, 6) is 0.291. The summed E-state index contributed by atoms with van der Waals surface area (Å²) in [6, 6.07) is 11.5. The van der Waals surface area contributed by atoms with Crippen molar-refractivity contribution < 1.29 is 14.8 Å². The van der Waals surface area contributed by atoms with Crippen molar-refractivity contribution >= 4 is 5.91 Å². The average molecular weight is 313 g/mol. The number of aryl methyl sites for hydroxylation is 2. The van der Waals surface area contributed by atoms with Gasteiger partial charge in [-0.3, -0.25) is 4.79 Å². The Kier molecular flexibility index (Phi) is 5.40. The van der Waals surface area contributed by atoms with Crippen LogP contribution in [0.3, 0.4) is 0 Å². The summed E-state index contributed by atoms with van der Waals surface area (Å²) in [6.07, 6.45) is 0. The lowest BCUT2D eigenvalue weighted by Gasteiger charge is -2.16. The highest BCUT2D eigenvalue weighted by Crippen LogP contribution is 2.21. The number of benzene rings is 2. The molecule has 0 aromatic heterocycles. The van der Waals surface area contributed by atoms with Crippen molar-refractivity contribution in [1.82, 2.24) is 5.32 Å². The Morgan fingerprint density at radius 3 is 2.30 bits per heavy atom. The fourth-order valence-corrected chi connectivity index (χ4v) is 2.66. The van der Waals surface area contributed by atoms with Gasteiger partial charge in [0.15, 0.2) is 0 Å². The Bertz CT molecular complexity index is 693. The maximum atomic E-state index is 11.5. The van der Waals surface area contributed by atoms with Crippen LogP contribution in [-0.4, -0.2) is 25.1 Å². The van der Waals surface area contributed by atoms with Gasteiger partial charge in [0.05, 0.1) is 7.05 Å². The van der Waals surface area contributed by atoms with E-state index < -0.39 is 0 Å². The number of carbonyl (C=O) groups excluding carboxylic acids is 1. The number of amides is 1. The fourth-order valence-electron chi connectivity index (χ4n) is 2.66. The van der Waals surface area contributed by atoms with Crippen LogP contribution in [-0.2, 0) is 13.1 Å². The largest absolute Gasteiger partial charge is 0.507 e. The van der Waals surface area contributed by atoms with Gasteiger partial charge < -0.3 is 15.3 Å². The highest BCUT2D eigenvalue weighted by Gasteiger charge is 2.11. The molecule has 0 heterocycles. The Morgan fingerprint density at radius 2 is 1.70 bits per heavy atom. The number of carbonyl (C=O) groups is 1. The lowest BCUT2D eigenvalue weighted by atomic mass is 10.0. The quantitative estimate of drug-likeness (QED) is 0.785. The lowest BCUT2D eigenvalue weighted by molar-refractivity contribution is -0.907. The maximum Gasteiger partial charge on any atom is 0.251 e. The predicted octanol–water partition coefficient (Wildman–Crippen LogP) is 1.58. The summed E-state index contributed by atoms with van der Waals surface area (Å²) in [4.78, 5) is 12.8. The van der Waals surface area contributed by atoms with Crippen LogP contribution in [0.5, 0.6) is 5.75 Å². The van der Waals surface area contributed by atoms with Gasteiger partial charge in [0.2, 0.25) is 0 Å². The number of hydrogen-bond acceptors (Lipinski definition) is 2. The van der Waals surface area contributed by atoms with Crippen molar-refractivity contribution in [2.45, 2.75) is 26.9 Å². The SMILES string of the molecule is CNC(=O)c1ccc(C[NH+](C)Cc2cc(C)c(C)cc2O)cc1. The van der Waals surface area contributed by atoms with Crippen LogP contribution in [0.4, 0.5) is 0 Å². The van der Waals surface area contributed by atoms with Gasteiger partial charge in [0, 0.05) is 23.7 Å². The first-order chi connectivity index (χ1) is 10.9. The molecule has 0 aliphatic carbocycles. The van der Waals surface area contributed by atoms with Crippen LogP contribution < -0.4 is 10.2 Å². The topological polar surface area (TPSA) is 53.8 Å². The summed E-state index contributed by atoms with van der Waals surface area (Å²) in [5, 5.41) is 12.7. The molecule has 0 aliphatic heterocycles. The molecule has 4 heteroatoms. The molecule has 4 nitrogen and oxygen atoms in total. The normalized spacial score (nSPS) is 12.0. The second-order valence-electron chi connectivity index (χ2n) is 6.15. The highest BCUT2D eigenvalue weighted by molar-refractivity contribution is 5.93. The first-order valence-corrected chi connectivity index (χ1v) is 7.82. The van der Waals surface area contributed by atoms with E-state index in [0.29, 0.717) is 11.3 Å². The second kappa shape index (κ2) is 7.29.